The summed E-state index contributed by atoms with van der Waals surface area (Å²) >= 11 is 0. The number of aromatic nitrogens is 1. The molecule has 0 fully saturated rings. The monoisotopic (exact) mass is 578 g/mol. The van der Waals surface area contributed by atoms with Crippen molar-refractivity contribution in [3.63, 3.8) is 0 Å². The Hall–Kier alpha value is -4.06. The van der Waals surface area contributed by atoms with Gasteiger partial charge in [0, 0.05) is 49.9 Å². The molecule has 2 aromatic carbocycles. The molecule has 0 radical (unpaired) electrons. The second kappa shape index (κ2) is 16.4. The number of benzene rings is 2. The van der Waals surface area contributed by atoms with Crippen molar-refractivity contribution in [2.24, 2.45) is 5.92 Å². The molecule has 3 atom stereocenters. The summed E-state index contributed by atoms with van der Waals surface area (Å²) in [6, 6.07) is 17.3. The molecule has 4 amide bonds. The van der Waals surface area contributed by atoms with Gasteiger partial charge in [-0.1, -0.05) is 61.5 Å². The molecule has 11 nitrogen and oxygen atoms in total. The average molecular weight is 579 g/mol. The number of carbonyl (C=O) groups excluding carboxylic acids is 3. The molecular weight excluding hydrogens is 536 g/mol. The van der Waals surface area contributed by atoms with E-state index >= 15 is 0 Å². The maximum absolute atomic E-state index is 13.4. The average Bonchev–Trinajstić information content (AvgIpc) is 2.98. The molecule has 0 bridgehead atoms. The molecule has 1 aromatic heterocycles. The largest absolute Gasteiger partial charge is 0.353 e. The van der Waals surface area contributed by atoms with Crippen molar-refractivity contribution in [2.75, 3.05) is 26.8 Å². The number of hydrogen-bond donors (Lipinski definition) is 4. The van der Waals surface area contributed by atoms with E-state index in [1.807, 2.05) is 81.4 Å². The van der Waals surface area contributed by atoms with Crippen LogP contribution in [0.1, 0.15) is 44.9 Å². The first-order chi connectivity index (χ1) is 20.2. The van der Waals surface area contributed by atoms with E-state index in [0.717, 1.165) is 22.0 Å². The lowest BCUT2D eigenvalue weighted by atomic mass is 9.91. The first kappa shape index (κ1) is 32.5. The molecule has 1 heterocycles. The number of ether oxygens (including phenoxy) is 2. The van der Waals surface area contributed by atoms with Crippen LogP contribution in [0.3, 0.4) is 0 Å². The number of hydrogen-bond acceptors (Lipinski definition) is 7. The van der Waals surface area contributed by atoms with Gasteiger partial charge in [0.2, 0.25) is 11.8 Å². The molecule has 1 unspecified atom stereocenters. The van der Waals surface area contributed by atoms with E-state index in [1.165, 1.54) is 5.01 Å². The van der Waals surface area contributed by atoms with Gasteiger partial charge in [0.25, 0.3) is 0 Å². The number of rotatable bonds is 15. The lowest BCUT2D eigenvalue weighted by Gasteiger charge is -2.32. The smallest absolute Gasteiger partial charge is 0.329 e. The van der Waals surface area contributed by atoms with Gasteiger partial charge in [0.1, 0.15) is 6.04 Å². The third-order valence-corrected chi connectivity index (χ3v) is 6.65. The second-order valence-corrected chi connectivity index (χ2v) is 9.97. The highest BCUT2D eigenvalue weighted by Crippen LogP contribution is 2.31. The molecule has 0 aliphatic heterocycles. The van der Waals surface area contributed by atoms with Crippen molar-refractivity contribution >= 4 is 28.7 Å². The van der Waals surface area contributed by atoms with Gasteiger partial charge >= 0.3 is 6.03 Å². The van der Waals surface area contributed by atoms with Crippen LogP contribution in [0.2, 0.25) is 0 Å². The highest BCUT2D eigenvalue weighted by molar-refractivity contribution is 5.89. The van der Waals surface area contributed by atoms with Gasteiger partial charge in [-0.2, -0.15) is 0 Å². The number of urea groups is 1. The Balaban J connectivity index is 1.64. The topological polar surface area (TPSA) is 134 Å². The van der Waals surface area contributed by atoms with Crippen molar-refractivity contribution in [2.45, 2.75) is 52.6 Å². The molecule has 0 saturated heterocycles. The predicted octanol–water partition coefficient (Wildman–Crippen LogP) is 3.28. The van der Waals surface area contributed by atoms with E-state index in [0.29, 0.717) is 19.8 Å². The SMILES string of the molecule is CCOC(OCC)[C@@H](C)[C@H](NC(=O)C(C)NC(=O)CN(C)NC(=O)NCc1ccccc1)c1cccc2cccnc12. The number of pyridine rings is 1. The van der Waals surface area contributed by atoms with Gasteiger partial charge in [0.15, 0.2) is 6.29 Å². The van der Waals surface area contributed by atoms with E-state index in [4.69, 9.17) is 9.47 Å². The quantitative estimate of drug-likeness (QED) is 0.161. The zero-order valence-corrected chi connectivity index (χ0v) is 24.9. The van der Waals surface area contributed by atoms with Crippen LogP contribution in [0.5, 0.6) is 0 Å². The summed E-state index contributed by atoms with van der Waals surface area (Å²) in [6.45, 7) is 8.44. The van der Waals surface area contributed by atoms with Crippen LogP contribution < -0.4 is 21.4 Å². The highest BCUT2D eigenvalue weighted by Gasteiger charge is 2.32. The molecule has 0 aliphatic carbocycles. The van der Waals surface area contributed by atoms with Crippen molar-refractivity contribution in [3.8, 4) is 0 Å². The summed E-state index contributed by atoms with van der Waals surface area (Å²) in [5.41, 5.74) is 5.13. The third-order valence-electron chi connectivity index (χ3n) is 6.65. The van der Waals surface area contributed by atoms with E-state index in [-0.39, 0.29) is 18.4 Å². The van der Waals surface area contributed by atoms with Gasteiger partial charge in [-0.15, -0.1) is 0 Å². The molecular formula is C31H42N6O5. The maximum Gasteiger partial charge on any atom is 0.329 e. The van der Waals surface area contributed by atoms with Crippen molar-refractivity contribution < 1.29 is 23.9 Å². The number of hydrazine groups is 1. The van der Waals surface area contributed by atoms with Crippen molar-refractivity contribution in [1.29, 1.82) is 0 Å². The molecule has 11 heteroatoms. The Morgan fingerprint density at radius 2 is 1.60 bits per heavy atom. The second-order valence-electron chi connectivity index (χ2n) is 9.97. The fourth-order valence-electron chi connectivity index (χ4n) is 4.59. The molecule has 0 aliphatic rings. The van der Waals surface area contributed by atoms with Crippen LogP contribution in [0.25, 0.3) is 10.9 Å². The van der Waals surface area contributed by atoms with Crippen LogP contribution in [-0.2, 0) is 25.6 Å². The van der Waals surface area contributed by atoms with Gasteiger partial charge in [-0.25, -0.2) is 9.80 Å². The van der Waals surface area contributed by atoms with Crippen molar-refractivity contribution in [1.82, 2.24) is 31.4 Å². The number of amides is 4. The molecule has 4 N–H and O–H groups in total. The molecule has 3 rings (SSSR count). The number of nitrogens with one attached hydrogen (secondary N) is 4. The van der Waals surface area contributed by atoms with Crippen molar-refractivity contribution in [3.05, 3.63) is 78.0 Å². The van der Waals surface area contributed by atoms with E-state index < -0.39 is 30.3 Å². The Bertz CT molecular complexity index is 1300. The minimum absolute atomic E-state index is 0.153. The maximum atomic E-state index is 13.4. The lowest BCUT2D eigenvalue weighted by molar-refractivity contribution is -0.170. The molecule has 0 spiro atoms. The molecule has 42 heavy (non-hydrogen) atoms. The number of nitrogens with zero attached hydrogens (tertiary/aromatic N) is 2. The number of likely N-dealkylation sites (N-methyl/N-ethyl adjacent to an activating group) is 1. The molecule has 226 valence electrons. The van der Waals surface area contributed by atoms with E-state index in [1.54, 1.807) is 20.2 Å². The zero-order valence-electron chi connectivity index (χ0n) is 24.9. The van der Waals surface area contributed by atoms with Gasteiger partial charge in [-0.05, 0) is 32.4 Å². The van der Waals surface area contributed by atoms with Crippen LogP contribution in [0, 0.1) is 5.92 Å². The normalized spacial score (nSPS) is 13.4. The minimum atomic E-state index is -0.854. The molecule has 3 aromatic rings. The lowest BCUT2D eigenvalue weighted by Crippen LogP contribution is -2.52. The minimum Gasteiger partial charge on any atom is -0.353 e. The summed E-state index contributed by atoms with van der Waals surface area (Å²) in [7, 11) is 1.57. The first-order valence-electron chi connectivity index (χ1n) is 14.2. The number of fused-ring (bicyclic) bond motifs is 1. The Labute approximate surface area is 247 Å². The Morgan fingerprint density at radius 1 is 0.905 bits per heavy atom. The summed E-state index contributed by atoms with van der Waals surface area (Å²) < 4.78 is 11.7. The van der Waals surface area contributed by atoms with Gasteiger partial charge in [0.05, 0.1) is 18.1 Å². The zero-order chi connectivity index (χ0) is 30.5. The van der Waals surface area contributed by atoms with Crippen LogP contribution in [0.15, 0.2) is 66.9 Å². The summed E-state index contributed by atoms with van der Waals surface area (Å²) in [5.74, 6) is -1.09. The first-order valence-corrected chi connectivity index (χ1v) is 14.2. The Morgan fingerprint density at radius 3 is 2.29 bits per heavy atom. The van der Waals surface area contributed by atoms with E-state index in [9.17, 15) is 14.4 Å². The summed E-state index contributed by atoms with van der Waals surface area (Å²) in [4.78, 5) is 42.9. The fourth-order valence-corrected chi connectivity index (χ4v) is 4.59. The summed E-state index contributed by atoms with van der Waals surface area (Å²) in [5, 5.41) is 10.8. The van der Waals surface area contributed by atoms with E-state index in [2.05, 4.69) is 26.4 Å². The molecule has 0 saturated carbocycles. The van der Waals surface area contributed by atoms with Crippen LogP contribution in [0.4, 0.5) is 4.79 Å². The van der Waals surface area contributed by atoms with Crippen LogP contribution >= 0.6 is 0 Å². The number of para-hydroxylation sites is 1. The van der Waals surface area contributed by atoms with Crippen LogP contribution in [-0.4, -0.2) is 67.0 Å². The highest BCUT2D eigenvalue weighted by atomic mass is 16.7. The van der Waals surface area contributed by atoms with Gasteiger partial charge < -0.3 is 25.4 Å². The third kappa shape index (κ3) is 9.51. The standard InChI is InChI=1S/C31H42N6O5/c1-6-41-30(42-7-2)21(3)27(25-17-11-15-24-16-12-18-32-28(24)25)35-29(39)22(4)34-26(38)20-37(5)36-31(40)33-19-23-13-9-8-10-14-23/h8-18,21-22,27,30H,6-7,19-20H2,1-5H3,(H,34,38)(H,35,39)(H2,33,36,40)/t21-,22?,27-/m0/s1. The van der Waals surface area contributed by atoms with Gasteiger partial charge in [-0.3, -0.25) is 20.0 Å². The number of carbonyl (C=O) groups is 3. The summed E-state index contributed by atoms with van der Waals surface area (Å²) in [6.07, 6.45) is 1.15. The predicted molar refractivity (Wildman–Crippen MR) is 161 cm³/mol. The Kier molecular flexibility index (Phi) is 12.7. The fraction of sp³-hybridized carbons (Fsp3) is 0.419.